The maximum atomic E-state index is 13.5. The summed E-state index contributed by atoms with van der Waals surface area (Å²) in [6.07, 6.45) is 1.53. The van der Waals surface area contributed by atoms with Crippen molar-refractivity contribution < 1.29 is 23.8 Å². The largest absolute Gasteiger partial charge is 0.489 e. The van der Waals surface area contributed by atoms with Crippen LogP contribution in [-0.4, -0.2) is 35.5 Å². The molecule has 144 valence electrons. The maximum absolute atomic E-state index is 13.5. The highest BCUT2D eigenvalue weighted by Crippen LogP contribution is 2.51. The van der Waals surface area contributed by atoms with E-state index < -0.39 is 13.4 Å². The second-order valence-corrected chi connectivity index (χ2v) is 8.63. The average molecular weight is 390 g/mol. The monoisotopic (exact) mass is 390 g/mol. The Hall–Kier alpha value is -2.18. The van der Waals surface area contributed by atoms with Crippen molar-refractivity contribution >= 4 is 18.7 Å². The molecule has 1 amide bonds. The fourth-order valence-electron chi connectivity index (χ4n) is 2.88. The van der Waals surface area contributed by atoms with Crippen LogP contribution in [0.1, 0.15) is 18.4 Å². The fourth-order valence-corrected chi connectivity index (χ4v) is 5.14. The fraction of sp³-hybridized carbons (Fsp3) is 0.316. The minimum atomic E-state index is -3.38. The number of amides is 1. The van der Waals surface area contributed by atoms with E-state index in [0.717, 1.165) is 18.4 Å². The average Bonchev–Trinajstić information content (AvgIpc) is 2.90. The molecule has 1 saturated heterocycles. The Bertz CT molecular complexity index is 798. The van der Waals surface area contributed by atoms with Gasteiger partial charge in [0.05, 0.1) is 18.5 Å². The van der Waals surface area contributed by atoms with E-state index in [1.54, 1.807) is 29.7 Å². The molecule has 0 spiro atoms. The van der Waals surface area contributed by atoms with Gasteiger partial charge in [-0.15, -0.1) is 0 Å². The molecule has 1 fully saturated rings. The highest BCUT2D eigenvalue weighted by Gasteiger charge is 2.36. The van der Waals surface area contributed by atoms with Crippen molar-refractivity contribution in [2.75, 3.05) is 19.7 Å². The number of nitrogens with zero attached hydrogens (tertiary/aromatic N) is 1. The van der Waals surface area contributed by atoms with Crippen molar-refractivity contribution in [3.63, 3.8) is 0 Å². The summed E-state index contributed by atoms with van der Waals surface area (Å²) in [4.78, 5) is 11.6. The van der Waals surface area contributed by atoms with Crippen molar-refractivity contribution in [2.24, 2.45) is 0 Å². The van der Waals surface area contributed by atoms with Crippen LogP contribution in [0.3, 0.4) is 0 Å². The highest BCUT2D eigenvalue weighted by molar-refractivity contribution is 7.64. The van der Waals surface area contributed by atoms with Crippen molar-refractivity contribution in [2.45, 2.75) is 19.4 Å². The zero-order chi connectivity index (χ0) is 19.1. The van der Waals surface area contributed by atoms with Gasteiger partial charge in [0.2, 0.25) is 0 Å². The lowest BCUT2D eigenvalue weighted by Crippen LogP contribution is -2.36. The van der Waals surface area contributed by atoms with Crippen LogP contribution in [0.2, 0.25) is 0 Å². The molecule has 1 unspecified atom stereocenters. The number of carbonyl (C=O) groups is 1. The first-order valence-electron chi connectivity index (χ1n) is 8.82. The first-order chi connectivity index (χ1) is 13.1. The Labute approximate surface area is 158 Å². The van der Waals surface area contributed by atoms with E-state index >= 15 is 0 Å². The van der Waals surface area contributed by atoms with Gasteiger partial charge in [0.15, 0.2) is 0 Å². The lowest BCUT2D eigenvalue weighted by atomic mass is 10.2. The summed E-state index contributed by atoms with van der Waals surface area (Å²) >= 11 is 0. The standard InChI is InChI=1S/C19H23N2O5P/c22-19(20-23)14-21-12-4-5-13-26-27(21,24)18-10-8-17(9-11-18)25-15-16-6-2-1-3-7-16/h1-3,6-11,23H,4-5,12-15H2,(H,20,22). The number of ether oxygens (including phenoxy) is 1. The number of hydrogen-bond donors (Lipinski definition) is 2. The van der Waals surface area contributed by atoms with Crippen LogP contribution in [0.25, 0.3) is 0 Å². The molecule has 1 heterocycles. The maximum Gasteiger partial charge on any atom is 0.302 e. The third-order valence-corrected chi connectivity index (χ3v) is 6.88. The normalized spacial score (nSPS) is 20.6. The lowest BCUT2D eigenvalue weighted by molar-refractivity contribution is -0.129. The van der Waals surface area contributed by atoms with Crippen molar-refractivity contribution in [3.05, 3.63) is 60.2 Å². The Balaban J connectivity index is 1.74. The molecular weight excluding hydrogens is 367 g/mol. The van der Waals surface area contributed by atoms with Crippen LogP contribution >= 0.6 is 7.52 Å². The van der Waals surface area contributed by atoms with Crippen molar-refractivity contribution in [1.82, 2.24) is 10.2 Å². The molecule has 0 aromatic heterocycles. The molecule has 2 aromatic rings. The molecule has 2 aromatic carbocycles. The summed E-state index contributed by atoms with van der Waals surface area (Å²) < 4.78 is 26.5. The second-order valence-electron chi connectivity index (χ2n) is 6.25. The highest BCUT2D eigenvalue weighted by atomic mass is 31.2. The van der Waals surface area contributed by atoms with E-state index in [1.807, 2.05) is 30.3 Å². The van der Waals surface area contributed by atoms with Gasteiger partial charge in [0.1, 0.15) is 12.4 Å². The first kappa shape index (κ1) is 19.6. The number of benzene rings is 2. The topological polar surface area (TPSA) is 88.1 Å². The number of rotatable bonds is 6. The lowest BCUT2D eigenvalue weighted by Gasteiger charge is -2.28. The van der Waals surface area contributed by atoms with Crippen LogP contribution in [0.4, 0.5) is 0 Å². The van der Waals surface area contributed by atoms with Gasteiger partial charge >= 0.3 is 7.52 Å². The Morgan fingerprint density at radius 1 is 1.15 bits per heavy atom. The molecule has 1 aliphatic heterocycles. The molecule has 1 atom stereocenters. The van der Waals surface area contributed by atoms with Crippen LogP contribution < -0.4 is 15.5 Å². The molecule has 0 aliphatic carbocycles. The van der Waals surface area contributed by atoms with Crippen LogP contribution in [0.15, 0.2) is 54.6 Å². The smallest absolute Gasteiger partial charge is 0.302 e. The Kier molecular flexibility index (Phi) is 6.63. The minimum absolute atomic E-state index is 0.194. The summed E-state index contributed by atoms with van der Waals surface area (Å²) in [5.74, 6) is 0.0345. The van der Waals surface area contributed by atoms with Gasteiger partial charge in [0, 0.05) is 6.54 Å². The van der Waals surface area contributed by atoms with E-state index in [2.05, 4.69) is 0 Å². The quantitative estimate of drug-likeness (QED) is 0.448. The molecule has 2 N–H and O–H groups in total. The summed E-state index contributed by atoms with van der Waals surface area (Å²) in [6.45, 7) is 1.06. The van der Waals surface area contributed by atoms with Crippen LogP contribution in [0, 0.1) is 0 Å². The number of hydroxylamine groups is 1. The third kappa shape index (κ3) is 4.96. The Morgan fingerprint density at radius 2 is 1.89 bits per heavy atom. The van der Waals surface area contributed by atoms with Gasteiger partial charge in [-0.05, 0) is 42.7 Å². The molecule has 8 heteroatoms. The molecule has 0 saturated carbocycles. The SMILES string of the molecule is O=C(CN1CCCCOP1(=O)c1ccc(OCc2ccccc2)cc1)NO. The Morgan fingerprint density at radius 3 is 2.59 bits per heavy atom. The third-order valence-electron chi connectivity index (χ3n) is 4.31. The van der Waals surface area contributed by atoms with E-state index in [9.17, 15) is 9.36 Å². The zero-order valence-corrected chi connectivity index (χ0v) is 15.8. The molecule has 0 radical (unpaired) electrons. The number of hydrogen-bond acceptors (Lipinski definition) is 5. The molecule has 7 nitrogen and oxygen atoms in total. The summed E-state index contributed by atoms with van der Waals surface area (Å²) in [6, 6.07) is 16.7. The summed E-state index contributed by atoms with van der Waals surface area (Å²) in [5, 5.41) is 9.29. The van der Waals surface area contributed by atoms with Gasteiger partial charge in [-0.3, -0.25) is 14.6 Å². The number of nitrogens with one attached hydrogen (secondary N) is 1. The zero-order valence-electron chi connectivity index (χ0n) is 14.9. The van der Waals surface area contributed by atoms with E-state index in [-0.39, 0.29) is 6.54 Å². The minimum Gasteiger partial charge on any atom is -0.489 e. The summed E-state index contributed by atoms with van der Waals surface area (Å²) in [7, 11) is -3.38. The molecular formula is C19H23N2O5P. The van der Waals surface area contributed by atoms with Gasteiger partial charge in [-0.1, -0.05) is 30.3 Å². The summed E-state index contributed by atoms with van der Waals surface area (Å²) in [5.41, 5.74) is 2.64. The van der Waals surface area contributed by atoms with Crippen molar-refractivity contribution in [3.8, 4) is 5.75 Å². The van der Waals surface area contributed by atoms with Gasteiger partial charge < -0.3 is 9.26 Å². The van der Waals surface area contributed by atoms with Crippen molar-refractivity contribution in [1.29, 1.82) is 0 Å². The number of carbonyl (C=O) groups excluding carboxylic acids is 1. The molecule has 3 rings (SSSR count). The predicted molar refractivity (Wildman–Crippen MR) is 101 cm³/mol. The molecule has 27 heavy (non-hydrogen) atoms. The first-order valence-corrected chi connectivity index (χ1v) is 10.4. The van der Waals surface area contributed by atoms with Crippen LogP contribution in [0.5, 0.6) is 5.75 Å². The van der Waals surface area contributed by atoms with Gasteiger partial charge in [-0.2, -0.15) is 0 Å². The molecule has 1 aliphatic rings. The van der Waals surface area contributed by atoms with E-state index in [4.69, 9.17) is 14.5 Å². The van der Waals surface area contributed by atoms with E-state index in [1.165, 1.54) is 4.67 Å². The van der Waals surface area contributed by atoms with E-state index in [0.29, 0.717) is 30.8 Å². The van der Waals surface area contributed by atoms with Gasteiger partial charge in [-0.25, -0.2) is 10.2 Å². The second kappa shape index (κ2) is 9.15. The van der Waals surface area contributed by atoms with Gasteiger partial charge in [0.25, 0.3) is 5.91 Å². The molecule has 0 bridgehead atoms. The van der Waals surface area contributed by atoms with Crippen LogP contribution in [-0.2, 0) is 20.5 Å². The predicted octanol–water partition coefficient (Wildman–Crippen LogP) is 2.70.